The van der Waals surface area contributed by atoms with Crippen molar-refractivity contribution in [3.63, 3.8) is 0 Å². The van der Waals surface area contributed by atoms with Crippen molar-refractivity contribution in [2.75, 3.05) is 5.32 Å². The van der Waals surface area contributed by atoms with Gasteiger partial charge in [-0.15, -0.1) is 0 Å². The lowest BCUT2D eigenvalue weighted by molar-refractivity contribution is -0.120. The van der Waals surface area contributed by atoms with Crippen LogP contribution in [0.3, 0.4) is 0 Å². The van der Waals surface area contributed by atoms with E-state index in [0.717, 1.165) is 23.9 Å². The minimum Gasteiger partial charge on any atom is -0.380 e. The Kier molecular flexibility index (Phi) is 5.35. The molecule has 3 fully saturated rings. The Labute approximate surface area is 164 Å². The van der Waals surface area contributed by atoms with Gasteiger partial charge in [0.25, 0.3) is 5.56 Å². The fourth-order valence-electron chi connectivity index (χ4n) is 4.91. The Balaban J connectivity index is 1.71. The van der Waals surface area contributed by atoms with Gasteiger partial charge in [-0.1, -0.05) is 34.6 Å². The number of nitrogens with zero attached hydrogens (tertiary/aromatic N) is 2. The van der Waals surface area contributed by atoms with Crippen molar-refractivity contribution in [2.45, 2.75) is 66.5 Å². The number of anilines is 1. The molecule has 5 nitrogen and oxygen atoms in total. The fraction of sp³-hybridized carbons (Fsp3) is 0.750. The van der Waals surface area contributed by atoms with E-state index in [-0.39, 0.29) is 23.8 Å². The van der Waals surface area contributed by atoms with Gasteiger partial charge in [0.05, 0.1) is 11.9 Å². The number of carbonyl (C=O) groups is 1. The first kappa shape index (κ1) is 19.6. The first-order valence-electron chi connectivity index (χ1n) is 9.65. The van der Waals surface area contributed by atoms with Crippen molar-refractivity contribution in [2.24, 2.45) is 29.1 Å². The zero-order chi connectivity index (χ0) is 19.2. The van der Waals surface area contributed by atoms with Gasteiger partial charge in [0.1, 0.15) is 11.0 Å². The van der Waals surface area contributed by atoms with E-state index in [1.54, 1.807) is 6.20 Å². The summed E-state index contributed by atoms with van der Waals surface area (Å²) in [5.74, 6) is 2.37. The lowest BCUT2D eigenvalue weighted by atomic mass is 9.45. The summed E-state index contributed by atoms with van der Waals surface area (Å²) in [6.45, 7) is 11.1. The van der Waals surface area contributed by atoms with Crippen LogP contribution in [0.15, 0.2) is 15.5 Å². The maximum Gasteiger partial charge on any atom is 0.283 e. The second-order valence-corrected chi connectivity index (χ2v) is 9.97. The van der Waals surface area contributed by atoms with E-state index in [4.69, 9.17) is 0 Å². The van der Waals surface area contributed by atoms with Crippen molar-refractivity contribution in [3.8, 4) is 0 Å². The van der Waals surface area contributed by atoms with E-state index >= 15 is 0 Å². The molecule has 0 amide bonds. The highest BCUT2D eigenvalue weighted by Crippen LogP contribution is 2.61. The molecule has 4 rings (SSSR count). The molecule has 1 heterocycles. The number of Topliss-reactive ketones (excluding diaryl/α,β-unsaturated/α-hetero) is 1. The van der Waals surface area contributed by atoms with Crippen molar-refractivity contribution in [1.82, 2.24) is 9.78 Å². The molecule has 6 heteroatoms. The van der Waals surface area contributed by atoms with Gasteiger partial charge in [0.2, 0.25) is 0 Å². The van der Waals surface area contributed by atoms with Gasteiger partial charge in [-0.2, -0.15) is 5.10 Å². The van der Waals surface area contributed by atoms with Gasteiger partial charge in [-0.25, -0.2) is 4.68 Å². The standard InChI is InChI=1S/C20H30BrN3O2/c1-11(2)6-14(25)10-24-19(26)18(21)17(9-22-24)23-16-8-13-7-15(12(16)3)20(13,4)5/h9,11-13,15-16,23H,6-8,10H2,1-5H3/t12-,13+,15-,16-/m1/s1. The third-order valence-corrected chi connectivity index (χ3v) is 7.41. The van der Waals surface area contributed by atoms with Crippen LogP contribution in [-0.4, -0.2) is 21.6 Å². The molecule has 1 aromatic rings. The molecule has 2 bridgehead atoms. The third-order valence-electron chi connectivity index (χ3n) is 6.64. The summed E-state index contributed by atoms with van der Waals surface area (Å²) in [6, 6.07) is 0.364. The average molecular weight is 424 g/mol. The van der Waals surface area contributed by atoms with E-state index in [0.29, 0.717) is 28.3 Å². The third kappa shape index (κ3) is 3.49. The van der Waals surface area contributed by atoms with E-state index in [2.05, 4.69) is 47.1 Å². The average Bonchev–Trinajstić information content (AvgIpc) is 2.54. The van der Waals surface area contributed by atoms with Crippen LogP contribution < -0.4 is 10.9 Å². The number of hydrogen-bond acceptors (Lipinski definition) is 4. The molecular weight excluding hydrogens is 394 g/mol. The van der Waals surface area contributed by atoms with Crippen LogP contribution in [0.2, 0.25) is 0 Å². The van der Waals surface area contributed by atoms with Crippen molar-refractivity contribution >= 4 is 27.4 Å². The predicted molar refractivity (Wildman–Crippen MR) is 107 cm³/mol. The van der Waals surface area contributed by atoms with Crippen LogP contribution in [0, 0.1) is 29.1 Å². The van der Waals surface area contributed by atoms with Gasteiger partial charge in [0.15, 0.2) is 5.78 Å². The summed E-state index contributed by atoms with van der Waals surface area (Å²) in [6.07, 6.45) is 4.59. The molecule has 3 aliphatic carbocycles. The number of halogens is 1. The summed E-state index contributed by atoms with van der Waals surface area (Å²) in [7, 11) is 0. The summed E-state index contributed by atoms with van der Waals surface area (Å²) < 4.78 is 1.72. The Morgan fingerprint density at radius 1 is 1.42 bits per heavy atom. The summed E-state index contributed by atoms with van der Waals surface area (Å²) in [5.41, 5.74) is 0.923. The number of aromatic nitrogens is 2. The topological polar surface area (TPSA) is 64.0 Å². The van der Waals surface area contributed by atoms with Gasteiger partial charge in [0, 0.05) is 12.5 Å². The van der Waals surface area contributed by atoms with E-state index < -0.39 is 0 Å². The molecule has 0 aliphatic heterocycles. The van der Waals surface area contributed by atoms with Gasteiger partial charge < -0.3 is 5.32 Å². The molecule has 1 N–H and O–H groups in total. The van der Waals surface area contributed by atoms with Gasteiger partial charge in [-0.05, 0) is 57.9 Å². The molecule has 3 aliphatic rings. The van der Waals surface area contributed by atoms with E-state index in [1.165, 1.54) is 11.1 Å². The quantitative estimate of drug-likeness (QED) is 0.747. The maximum atomic E-state index is 12.6. The number of fused-ring (bicyclic) bond motifs is 2. The Morgan fingerprint density at radius 3 is 2.69 bits per heavy atom. The first-order chi connectivity index (χ1) is 12.1. The second kappa shape index (κ2) is 7.10. The van der Waals surface area contributed by atoms with Gasteiger partial charge >= 0.3 is 0 Å². The largest absolute Gasteiger partial charge is 0.380 e. The molecule has 26 heavy (non-hydrogen) atoms. The minimum atomic E-state index is -0.249. The van der Waals surface area contributed by atoms with Crippen LogP contribution in [-0.2, 0) is 11.3 Å². The lowest BCUT2D eigenvalue weighted by Crippen LogP contribution is -2.58. The van der Waals surface area contributed by atoms with Crippen molar-refractivity contribution < 1.29 is 4.79 Å². The van der Waals surface area contributed by atoms with Crippen LogP contribution in [0.25, 0.3) is 0 Å². The molecule has 144 valence electrons. The SMILES string of the molecule is CC(C)CC(=O)Cn1ncc(N[C@@H]2C[C@@H]3C[C@H]([C@H]2C)C3(C)C)c(Br)c1=O. The van der Waals surface area contributed by atoms with Crippen molar-refractivity contribution in [3.05, 3.63) is 21.0 Å². The summed E-state index contributed by atoms with van der Waals surface area (Å²) >= 11 is 3.42. The van der Waals surface area contributed by atoms with E-state index in [1.807, 2.05) is 13.8 Å². The number of carbonyl (C=O) groups excluding carboxylic acids is 1. The van der Waals surface area contributed by atoms with Crippen LogP contribution in [0.1, 0.15) is 53.9 Å². The van der Waals surface area contributed by atoms with Gasteiger partial charge in [-0.3, -0.25) is 9.59 Å². The highest BCUT2D eigenvalue weighted by Gasteiger charge is 2.56. The molecule has 4 atom stereocenters. The number of rotatable bonds is 6. The molecule has 0 saturated heterocycles. The number of nitrogens with one attached hydrogen (secondary N) is 1. The molecule has 0 radical (unpaired) electrons. The van der Waals surface area contributed by atoms with E-state index in [9.17, 15) is 9.59 Å². The highest BCUT2D eigenvalue weighted by atomic mass is 79.9. The first-order valence-corrected chi connectivity index (χ1v) is 10.4. The maximum absolute atomic E-state index is 12.6. The molecule has 3 saturated carbocycles. The predicted octanol–water partition coefficient (Wildman–Crippen LogP) is 4.10. The monoisotopic (exact) mass is 423 g/mol. The van der Waals surface area contributed by atoms with Crippen LogP contribution in [0.4, 0.5) is 5.69 Å². The van der Waals surface area contributed by atoms with Crippen LogP contribution >= 0.6 is 15.9 Å². The summed E-state index contributed by atoms with van der Waals surface area (Å²) in [4.78, 5) is 24.6. The summed E-state index contributed by atoms with van der Waals surface area (Å²) in [5, 5.41) is 7.77. The van der Waals surface area contributed by atoms with Crippen LogP contribution in [0.5, 0.6) is 0 Å². The minimum absolute atomic E-state index is 0.0328. The Hall–Kier alpha value is -1.17. The number of hydrogen-bond donors (Lipinski definition) is 1. The lowest BCUT2D eigenvalue weighted by Gasteiger charge is -2.62. The molecule has 1 aromatic heterocycles. The molecule has 0 unspecified atom stereocenters. The fourth-order valence-corrected chi connectivity index (χ4v) is 5.33. The zero-order valence-corrected chi connectivity index (χ0v) is 18.0. The normalized spacial score (nSPS) is 29.3. The molecular formula is C20H30BrN3O2. The number of ketones is 1. The second-order valence-electron chi connectivity index (χ2n) is 9.18. The Bertz CT molecular complexity index is 756. The van der Waals surface area contributed by atoms with Crippen molar-refractivity contribution in [1.29, 1.82) is 0 Å². The smallest absolute Gasteiger partial charge is 0.283 e. The molecule has 0 aromatic carbocycles. The Morgan fingerprint density at radius 2 is 2.12 bits per heavy atom. The molecule has 0 spiro atoms. The highest BCUT2D eigenvalue weighted by molar-refractivity contribution is 9.10. The zero-order valence-electron chi connectivity index (χ0n) is 16.4.